The number of halogens is 1. The molecule has 0 saturated heterocycles. The zero-order chi connectivity index (χ0) is 11.5. The van der Waals surface area contributed by atoms with Gasteiger partial charge in [0.15, 0.2) is 0 Å². The van der Waals surface area contributed by atoms with Crippen LogP contribution in [0.2, 0.25) is 5.02 Å². The first kappa shape index (κ1) is 10.8. The predicted molar refractivity (Wildman–Crippen MR) is 65.6 cm³/mol. The van der Waals surface area contributed by atoms with Crippen LogP contribution in [-0.2, 0) is 0 Å². The van der Waals surface area contributed by atoms with Crippen molar-refractivity contribution in [3.8, 4) is 17.0 Å². The Morgan fingerprint density at radius 3 is 2.88 bits per heavy atom. The summed E-state index contributed by atoms with van der Waals surface area (Å²) in [7, 11) is 1.60. The molecule has 3 nitrogen and oxygen atoms in total. The minimum atomic E-state index is 0.622. The maximum atomic E-state index is 5.94. The molecule has 2 aromatic rings. The molecule has 0 amide bonds. The van der Waals surface area contributed by atoms with Crippen LogP contribution < -0.4 is 10.5 Å². The molecule has 1 aromatic heterocycles. The summed E-state index contributed by atoms with van der Waals surface area (Å²) in [6, 6.07) is 8.93. The topological polar surface area (TPSA) is 48.1 Å². The van der Waals surface area contributed by atoms with Crippen molar-refractivity contribution in [1.29, 1.82) is 0 Å². The van der Waals surface area contributed by atoms with Gasteiger partial charge in [0.05, 0.1) is 7.11 Å². The van der Waals surface area contributed by atoms with Crippen LogP contribution in [0.15, 0.2) is 36.5 Å². The van der Waals surface area contributed by atoms with Crippen molar-refractivity contribution in [2.75, 3.05) is 12.8 Å². The van der Waals surface area contributed by atoms with Crippen LogP contribution in [0.4, 0.5) is 5.69 Å². The molecule has 0 bridgehead atoms. The van der Waals surface area contributed by atoms with Gasteiger partial charge in [0, 0.05) is 22.5 Å². The van der Waals surface area contributed by atoms with E-state index in [2.05, 4.69) is 4.98 Å². The Hall–Kier alpha value is -1.74. The lowest BCUT2D eigenvalue weighted by Crippen LogP contribution is -1.95. The number of methoxy groups -OCH3 is 1. The predicted octanol–water partition coefficient (Wildman–Crippen LogP) is 2.99. The number of hydrogen-bond acceptors (Lipinski definition) is 3. The second kappa shape index (κ2) is 4.41. The second-order valence-electron chi connectivity index (χ2n) is 3.29. The molecular formula is C12H11ClN2O. The molecule has 0 radical (unpaired) electrons. The smallest absolute Gasteiger partial charge is 0.145 e. The molecule has 0 fully saturated rings. The summed E-state index contributed by atoms with van der Waals surface area (Å²) in [5, 5.41) is 0.622. The normalized spacial score (nSPS) is 10.1. The van der Waals surface area contributed by atoms with Crippen LogP contribution in [0.5, 0.6) is 5.75 Å². The number of nitrogens with two attached hydrogens (primary N) is 1. The third-order valence-corrected chi connectivity index (χ3v) is 2.50. The van der Waals surface area contributed by atoms with Gasteiger partial charge in [-0.15, -0.1) is 0 Å². The lowest BCUT2D eigenvalue weighted by Gasteiger charge is -2.09. The van der Waals surface area contributed by atoms with Crippen molar-refractivity contribution in [1.82, 2.24) is 4.98 Å². The average molecular weight is 235 g/mol. The van der Waals surface area contributed by atoms with Crippen molar-refractivity contribution >= 4 is 17.3 Å². The van der Waals surface area contributed by atoms with E-state index in [9.17, 15) is 0 Å². The first-order valence-corrected chi connectivity index (χ1v) is 5.14. The highest BCUT2D eigenvalue weighted by Crippen LogP contribution is 2.33. The molecule has 0 atom stereocenters. The van der Waals surface area contributed by atoms with Gasteiger partial charge < -0.3 is 10.5 Å². The van der Waals surface area contributed by atoms with E-state index >= 15 is 0 Å². The monoisotopic (exact) mass is 234 g/mol. The van der Waals surface area contributed by atoms with E-state index in [1.165, 1.54) is 0 Å². The van der Waals surface area contributed by atoms with Gasteiger partial charge >= 0.3 is 0 Å². The molecule has 0 aliphatic rings. The zero-order valence-corrected chi connectivity index (χ0v) is 9.53. The van der Waals surface area contributed by atoms with Crippen LogP contribution in [0.1, 0.15) is 0 Å². The van der Waals surface area contributed by atoms with Gasteiger partial charge in [0.25, 0.3) is 0 Å². The summed E-state index contributed by atoms with van der Waals surface area (Å²) < 4.78 is 5.23. The number of nitrogen functional groups attached to an aromatic ring is 1. The lowest BCUT2D eigenvalue weighted by atomic mass is 10.1. The van der Waals surface area contributed by atoms with Crippen LogP contribution in [0, 0.1) is 0 Å². The van der Waals surface area contributed by atoms with Gasteiger partial charge in [0.1, 0.15) is 11.4 Å². The fourth-order valence-electron chi connectivity index (χ4n) is 1.49. The fraction of sp³-hybridized carbons (Fsp3) is 0.0833. The largest absolute Gasteiger partial charge is 0.494 e. The molecular weight excluding hydrogens is 224 g/mol. The lowest BCUT2D eigenvalue weighted by molar-refractivity contribution is 0.415. The Balaban J connectivity index is 2.62. The Labute approximate surface area is 98.8 Å². The second-order valence-corrected chi connectivity index (χ2v) is 3.72. The summed E-state index contributed by atoms with van der Waals surface area (Å²) in [6.07, 6.45) is 1.69. The molecule has 4 heteroatoms. The summed E-state index contributed by atoms with van der Waals surface area (Å²) in [5.74, 6) is 0.677. The van der Waals surface area contributed by atoms with Crippen molar-refractivity contribution in [2.45, 2.75) is 0 Å². The summed E-state index contributed by atoms with van der Waals surface area (Å²) in [5.41, 5.74) is 8.00. The van der Waals surface area contributed by atoms with Gasteiger partial charge in [-0.05, 0) is 30.3 Å². The summed E-state index contributed by atoms with van der Waals surface area (Å²) in [6.45, 7) is 0. The molecule has 82 valence electrons. The van der Waals surface area contributed by atoms with E-state index < -0.39 is 0 Å². The molecule has 1 aromatic carbocycles. The van der Waals surface area contributed by atoms with E-state index in [1.54, 1.807) is 31.5 Å². The van der Waals surface area contributed by atoms with E-state index in [0.717, 1.165) is 5.56 Å². The Bertz CT molecular complexity index is 514. The number of ether oxygens (including phenoxy) is 1. The third-order valence-electron chi connectivity index (χ3n) is 2.26. The van der Waals surface area contributed by atoms with Crippen LogP contribution in [-0.4, -0.2) is 12.1 Å². The number of pyridine rings is 1. The van der Waals surface area contributed by atoms with Gasteiger partial charge in [-0.3, -0.25) is 4.98 Å². The van der Waals surface area contributed by atoms with Crippen molar-refractivity contribution < 1.29 is 4.74 Å². The summed E-state index contributed by atoms with van der Waals surface area (Å²) >= 11 is 5.94. The number of nitrogens with zero attached hydrogens (tertiary/aromatic N) is 1. The highest BCUT2D eigenvalue weighted by molar-refractivity contribution is 6.31. The first-order valence-electron chi connectivity index (χ1n) is 4.77. The molecule has 16 heavy (non-hydrogen) atoms. The molecule has 1 heterocycles. The minimum absolute atomic E-state index is 0.622. The van der Waals surface area contributed by atoms with Crippen LogP contribution in [0.25, 0.3) is 11.3 Å². The number of hydrogen-bond donors (Lipinski definition) is 1. The molecule has 0 saturated carbocycles. The number of anilines is 1. The summed E-state index contributed by atoms with van der Waals surface area (Å²) in [4.78, 5) is 4.26. The van der Waals surface area contributed by atoms with Crippen molar-refractivity contribution in [3.63, 3.8) is 0 Å². The molecule has 0 unspecified atom stereocenters. The quantitative estimate of drug-likeness (QED) is 0.813. The maximum absolute atomic E-state index is 5.94. The number of aromatic nitrogens is 1. The SMILES string of the molecule is COc1cccnc1-c1cc(Cl)ccc1N. The first-order chi connectivity index (χ1) is 7.72. The van der Waals surface area contributed by atoms with E-state index in [-0.39, 0.29) is 0 Å². The molecule has 2 rings (SSSR count). The van der Waals surface area contributed by atoms with E-state index in [0.29, 0.717) is 22.2 Å². The number of benzene rings is 1. The molecule has 2 N–H and O–H groups in total. The van der Waals surface area contributed by atoms with Gasteiger partial charge in [-0.1, -0.05) is 11.6 Å². The van der Waals surface area contributed by atoms with E-state index in [4.69, 9.17) is 22.1 Å². The minimum Gasteiger partial charge on any atom is -0.494 e. The number of rotatable bonds is 2. The fourth-order valence-corrected chi connectivity index (χ4v) is 1.66. The molecule has 0 aliphatic heterocycles. The highest BCUT2D eigenvalue weighted by Gasteiger charge is 2.10. The van der Waals surface area contributed by atoms with Crippen molar-refractivity contribution in [3.05, 3.63) is 41.6 Å². The van der Waals surface area contributed by atoms with Crippen LogP contribution >= 0.6 is 11.6 Å². The van der Waals surface area contributed by atoms with Gasteiger partial charge in [0.2, 0.25) is 0 Å². The van der Waals surface area contributed by atoms with E-state index in [1.807, 2.05) is 12.1 Å². The zero-order valence-electron chi connectivity index (χ0n) is 8.77. The van der Waals surface area contributed by atoms with Crippen molar-refractivity contribution in [2.24, 2.45) is 0 Å². The molecule has 0 spiro atoms. The molecule has 0 aliphatic carbocycles. The van der Waals surface area contributed by atoms with Gasteiger partial charge in [-0.25, -0.2) is 0 Å². The average Bonchev–Trinajstić information content (AvgIpc) is 2.32. The standard InChI is InChI=1S/C12H11ClN2O/c1-16-11-3-2-6-15-12(11)9-7-8(13)4-5-10(9)14/h2-7H,14H2,1H3. The maximum Gasteiger partial charge on any atom is 0.145 e. The Morgan fingerprint density at radius 1 is 1.31 bits per heavy atom. The van der Waals surface area contributed by atoms with Gasteiger partial charge in [-0.2, -0.15) is 0 Å². The van der Waals surface area contributed by atoms with Crippen LogP contribution in [0.3, 0.4) is 0 Å². The Morgan fingerprint density at radius 2 is 2.12 bits per heavy atom. The third kappa shape index (κ3) is 1.95. The Kier molecular flexibility index (Phi) is 2.97. The highest BCUT2D eigenvalue weighted by atomic mass is 35.5.